The van der Waals surface area contributed by atoms with E-state index >= 15 is 0 Å². The zero-order valence-electron chi connectivity index (χ0n) is 17.0. The molecule has 0 saturated heterocycles. The number of ether oxygens (including phenoxy) is 1. The van der Waals surface area contributed by atoms with Gasteiger partial charge in [-0.2, -0.15) is 0 Å². The summed E-state index contributed by atoms with van der Waals surface area (Å²) in [4.78, 5) is 24.7. The highest BCUT2D eigenvalue weighted by molar-refractivity contribution is 5.92. The molecule has 0 spiro atoms. The molecule has 0 bridgehead atoms. The number of esters is 1. The molecule has 1 atom stereocenters. The van der Waals surface area contributed by atoms with E-state index in [0.29, 0.717) is 12.1 Å². The average Bonchev–Trinajstić information content (AvgIpc) is 3.01. The summed E-state index contributed by atoms with van der Waals surface area (Å²) in [7, 11) is 0. The van der Waals surface area contributed by atoms with Crippen LogP contribution in [-0.2, 0) is 16.1 Å². The van der Waals surface area contributed by atoms with Gasteiger partial charge < -0.3 is 14.6 Å². The van der Waals surface area contributed by atoms with Gasteiger partial charge in [0.25, 0.3) is 5.91 Å². The Morgan fingerprint density at radius 1 is 1.00 bits per heavy atom. The number of hydrogen-bond acceptors (Lipinski definition) is 3. The highest BCUT2D eigenvalue weighted by Crippen LogP contribution is 2.18. The van der Waals surface area contributed by atoms with Gasteiger partial charge in [0.1, 0.15) is 0 Å². The fourth-order valence-corrected chi connectivity index (χ4v) is 3.33. The van der Waals surface area contributed by atoms with Crippen molar-refractivity contribution in [1.29, 1.82) is 0 Å². The molecule has 29 heavy (non-hydrogen) atoms. The summed E-state index contributed by atoms with van der Waals surface area (Å²) in [6.07, 6.45) is 0. The van der Waals surface area contributed by atoms with Crippen LogP contribution in [0, 0.1) is 13.8 Å². The highest BCUT2D eigenvalue weighted by Gasteiger charge is 2.19. The predicted octanol–water partition coefficient (Wildman–Crippen LogP) is 4.19. The number of hydrogen-bond donors (Lipinski definition) is 1. The van der Waals surface area contributed by atoms with E-state index in [2.05, 4.69) is 22.0 Å². The number of aromatic nitrogens is 1. The number of rotatable bonds is 7. The minimum atomic E-state index is -0.486. The molecule has 0 unspecified atom stereocenters. The lowest BCUT2D eigenvalue weighted by molar-refractivity contribution is -0.124. The van der Waals surface area contributed by atoms with E-state index in [1.54, 1.807) is 0 Å². The Bertz CT molecular complexity index is 978. The molecule has 0 aliphatic heterocycles. The van der Waals surface area contributed by atoms with Crippen molar-refractivity contribution in [3.63, 3.8) is 0 Å². The van der Waals surface area contributed by atoms with Gasteiger partial charge in [-0.25, -0.2) is 4.79 Å². The highest BCUT2D eigenvalue weighted by atomic mass is 16.5. The molecule has 1 heterocycles. The standard InChI is InChI=1S/C24H26N2O3/c1-17-14-22(19(3)26(17)15-20-10-6-4-7-11-20)24(28)29-16-23(27)25-18(2)21-12-8-5-9-13-21/h4-14,18H,15-16H2,1-3H3,(H,25,27)/t18-/m1/s1. The number of carbonyl (C=O) groups is 2. The lowest BCUT2D eigenvalue weighted by Gasteiger charge is -2.14. The van der Waals surface area contributed by atoms with Gasteiger partial charge in [-0.1, -0.05) is 60.7 Å². The summed E-state index contributed by atoms with van der Waals surface area (Å²) < 4.78 is 7.33. The third-order valence-corrected chi connectivity index (χ3v) is 4.99. The number of aryl methyl sites for hydroxylation is 1. The Kier molecular flexibility index (Phi) is 6.50. The predicted molar refractivity (Wildman–Crippen MR) is 113 cm³/mol. The summed E-state index contributed by atoms with van der Waals surface area (Å²) in [5.41, 5.74) is 4.44. The first-order valence-electron chi connectivity index (χ1n) is 9.68. The van der Waals surface area contributed by atoms with Gasteiger partial charge in [0, 0.05) is 17.9 Å². The van der Waals surface area contributed by atoms with Gasteiger partial charge in [0.2, 0.25) is 0 Å². The smallest absolute Gasteiger partial charge is 0.340 e. The van der Waals surface area contributed by atoms with Gasteiger partial charge in [0.15, 0.2) is 6.61 Å². The molecule has 150 valence electrons. The molecule has 0 radical (unpaired) electrons. The quantitative estimate of drug-likeness (QED) is 0.616. The molecule has 0 saturated carbocycles. The van der Waals surface area contributed by atoms with E-state index in [1.807, 2.05) is 75.4 Å². The Labute approximate surface area is 171 Å². The van der Waals surface area contributed by atoms with Crippen LogP contribution in [0.25, 0.3) is 0 Å². The van der Waals surface area contributed by atoms with E-state index in [9.17, 15) is 9.59 Å². The molecule has 1 aromatic heterocycles. The van der Waals surface area contributed by atoms with Crippen LogP contribution >= 0.6 is 0 Å². The lowest BCUT2D eigenvalue weighted by Crippen LogP contribution is -2.31. The second-order valence-electron chi connectivity index (χ2n) is 7.13. The van der Waals surface area contributed by atoms with Crippen molar-refractivity contribution in [1.82, 2.24) is 9.88 Å². The number of nitrogens with zero attached hydrogens (tertiary/aromatic N) is 1. The van der Waals surface area contributed by atoms with Gasteiger partial charge in [-0.05, 0) is 38.0 Å². The summed E-state index contributed by atoms with van der Waals surface area (Å²) in [5, 5.41) is 2.85. The van der Waals surface area contributed by atoms with Gasteiger partial charge >= 0.3 is 5.97 Å². The van der Waals surface area contributed by atoms with Crippen LogP contribution in [0.5, 0.6) is 0 Å². The summed E-state index contributed by atoms with van der Waals surface area (Å²) >= 11 is 0. The van der Waals surface area contributed by atoms with Crippen molar-refractivity contribution in [2.45, 2.75) is 33.4 Å². The molecule has 0 aliphatic carbocycles. The fourth-order valence-electron chi connectivity index (χ4n) is 3.33. The maximum Gasteiger partial charge on any atom is 0.340 e. The van der Waals surface area contributed by atoms with Gasteiger partial charge in [0.05, 0.1) is 11.6 Å². The van der Waals surface area contributed by atoms with E-state index in [4.69, 9.17) is 4.74 Å². The Hall–Kier alpha value is -3.34. The molecular formula is C24H26N2O3. The number of nitrogens with one attached hydrogen (secondary N) is 1. The molecule has 1 amide bonds. The maximum atomic E-state index is 12.5. The van der Waals surface area contributed by atoms with E-state index < -0.39 is 5.97 Å². The van der Waals surface area contributed by atoms with Crippen LogP contribution in [0.1, 0.15) is 45.8 Å². The maximum absolute atomic E-state index is 12.5. The molecule has 5 heteroatoms. The third-order valence-electron chi connectivity index (χ3n) is 4.99. The molecule has 1 N–H and O–H groups in total. The number of benzene rings is 2. The number of amides is 1. The van der Waals surface area contributed by atoms with E-state index in [0.717, 1.165) is 22.5 Å². The van der Waals surface area contributed by atoms with E-state index in [1.165, 1.54) is 0 Å². The SMILES string of the molecule is Cc1cc(C(=O)OCC(=O)N[C@H](C)c2ccccc2)c(C)n1Cc1ccccc1. The lowest BCUT2D eigenvalue weighted by atomic mass is 10.1. The van der Waals surface area contributed by atoms with Gasteiger partial charge in [-0.15, -0.1) is 0 Å². The Morgan fingerprint density at radius 3 is 2.28 bits per heavy atom. The van der Waals surface area contributed by atoms with Crippen molar-refractivity contribution < 1.29 is 14.3 Å². The van der Waals surface area contributed by atoms with Crippen molar-refractivity contribution in [2.75, 3.05) is 6.61 Å². The molecule has 0 aliphatic rings. The second-order valence-corrected chi connectivity index (χ2v) is 7.13. The Balaban J connectivity index is 1.59. The minimum Gasteiger partial charge on any atom is -0.452 e. The minimum absolute atomic E-state index is 0.154. The molecule has 2 aromatic carbocycles. The van der Waals surface area contributed by atoms with Crippen LogP contribution in [0.4, 0.5) is 0 Å². The average molecular weight is 390 g/mol. The number of carbonyl (C=O) groups excluding carboxylic acids is 2. The van der Waals surface area contributed by atoms with Crippen LogP contribution < -0.4 is 5.32 Å². The normalized spacial score (nSPS) is 11.7. The molecule has 5 nitrogen and oxygen atoms in total. The monoisotopic (exact) mass is 390 g/mol. The van der Waals surface area contributed by atoms with Crippen LogP contribution in [0.15, 0.2) is 66.7 Å². The van der Waals surface area contributed by atoms with Crippen molar-refractivity contribution in [3.8, 4) is 0 Å². The third kappa shape index (κ3) is 5.13. The van der Waals surface area contributed by atoms with Crippen molar-refractivity contribution in [3.05, 3.63) is 94.8 Å². The second kappa shape index (κ2) is 9.24. The van der Waals surface area contributed by atoms with Crippen LogP contribution in [0.2, 0.25) is 0 Å². The van der Waals surface area contributed by atoms with Crippen molar-refractivity contribution in [2.24, 2.45) is 0 Å². The van der Waals surface area contributed by atoms with Gasteiger partial charge in [-0.3, -0.25) is 4.79 Å². The van der Waals surface area contributed by atoms with Crippen LogP contribution in [-0.4, -0.2) is 23.1 Å². The zero-order valence-corrected chi connectivity index (χ0v) is 17.0. The molecule has 3 aromatic rings. The molecular weight excluding hydrogens is 364 g/mol. The largest absolute Gasteiger partial charge is 0.452 e. The first-order chi connectivity index (χ1) is 14.0. The fraction of sp³-hybridized carbons (Fsp3) is 0.250. The first-order valence-corrected chi connectivity index (χ1v) is 9.68. The van der Waals surface area contributed by atoms with Crippen molar-refractivity contribution >= 4 is 11.9 Å². The summed E-state index contributed by atoms with van der Waals surface area (Å²) in [6, 6.07) is 21.4. The molecule has 0 fully saturated rings. The topological polar surface area (TPSA) is 60.3 Å². The summed E-state index contributed by atoms with van der Waals surface area (Å²) in [5.74, 6) is -0.812. The molecule has 3 rings (SSSR count). The zero-order chi connectivity index (χ0) is 20.8. The first kappa shape index (κ1) is 20.4. The Morgan fingerprint density at radius 2 is 1.62 bits per heavy atom. The summed E-state index contributed by atoms with van der Waals surface area (Å²) in [6.45, 7) is 6.12. The van der Waals surface area contributed by atoms with E-state index in [-0.39, 0.29) is 18.6 Å². The van der Waals surface area contributed by atoms with Crippen LogP contribution in [0.3, 0.4) is 0 Å².